The summed E-state index contributed by atoms with van der Waals surface area (Å²) in [5.41, 5.74) is 8.55. The number of anilines is 2. The van der Waals surface area contributed by atoms with Gasteiger partial charge in [-0.05, 0) is 63.8 Å². The van der Waals surface area contributed by atoms with Gasteiger partial charge in [0.25, 0.3) is 0 Å². The van der Waals surface area contributed by atoms with Crippen LogP contribution in [-0.4, -0.2) is 31.3 Å². The molecule has 1 aromatic carbocycles. The van der Waals surface area contributed by atoms with Crippen LogP contribution >= 0.6 is 0 Å². The first-order chi connectivity index (χ1) is 10.2. The Labute approximate surface area is 132 Å². The molecule has 1 aliphatic rings. The minimum absolute atomic E-state index is 0.339. The molecule has 0 bridgehead atoms. The minimum Gasteiger partial charge on any atom is -0.444 e. The van der Waals surface area contributed by atoms with E-state index in [2.05, 4.69) is 22.3 Å². The maximum Gasteiger partial charge on any atom is 0.407 e. The third-order valence-electron chi connectivity index (χ3n) is 3.84. The molecule has 0 radical (unpaired) electrons. The molecule has 1 amide bonds. The number of alkyl carbamates (subject to hydrolysis) is 1. The molecular formula is C17H27N3O2. The predicted molar refractivity (Wildman–Crippen MR) is 90.1 cm³/mol. The molecule has 22 heavy (non-hydrogen) atoms. The molecule has 2 rings (SSSR count). The minimum atomic E-state index is -0.451. The molecule has 0 saturated carbocycles. The summed E-state index contributed by atoms with van der Waals surface area (Å²) in [4.78, 5) is 14.0. The summed E-state index contributed by atoms with van der Waals surface area (Å²) in [6.07, 6.45) is 0.730. The molecule has 122 valence electrons. The summed E-state index contributed by atoms with van der Waals surface area (Å²) in [6, 6.07) is 6.14. The highest BCUT2D eigenvalue weighted by Gasteiger charge is 2.24. The van der Waals surface area contributed by atoms with Crippen molar-refractivity contribution >= 4 is 17.5 Å². The first kappa shape index (κ1) is 16.5. The van der Waals surface area contributed by atoms with Gasteiger partial charge in [0.05, 0.1) is 0 Å². The zero-order valence-electron chi connectivity index (χ0n) is 14.0. The topological polar surface area (TPSA) is 67.6 Å². The molecule has 1 heterocycles. The van der Waals surface area contributed by atoms with Crippen LogP contribution in [0.5, 0.6) is 0 Å². The van der Waals surface area contributed by atoms with E-state index in [1.54, 1.807) is 0 Å². The van der Waals surface area contributed by atoms with E-state index in [4.69, 9.17) is 10.5 Å². The van der Waals surface area contributed by atoms with E-state index in [0.29, 0.717) is 12.5 Å². The number of nitrogen functional groups attached to an aromatic ring is 1. The van der Waals surface area contributed by atoms with Crippen LogP contribution < -0.4 is 16.0 Å². The summed E-state index contributed by atoms with van der Waals surface area (Å²) in [5, 5.41) is 2.87. The zero-order valence-corrected chi connectivity index (χ0v) is 14.0. The van der Waals surface area contributed by atoms with Crippen molar-refractivity contribution in [2.24, 2.45) is 5.92 Å². The number of carbonyl (C=O) groups is 1. The van der Waals surface area contributed by atoms with E-state index in [1.165, 1.54) is 5.69 Å². The second kappa shape index (κ2) is 6.46. The van der Waals surface area contributed by atoms with E-state index >= 15 is 0 Å². The number of nitrogens with one attached hydrogen (secondary N) is 1. The number of aryl methyl sites for hydroxylation is 1. The number of nitrogens with zero attached hydrogens (tertiary/aromatic N) is 1. The van der Waals surface area contributed by atoms with Gasteiger partial charge in [-0.1, -0.05) is 0 Å². The molecule has 1 fully saturated rings. The Morgan fingerprint density at radius 3 is 2.82 bits per heavy atom. The van der Waals surface area contributed by atoms with Gasteiger partial charge in [-0.25, -0.2) is 4.79 Å². The average Bonchev–Trinajstić information content (AvgIpc) is 2.86. The fraction of sp³-hybridized carbons (Fsp3) is 0.588. The van der Waals surface area contributed by atoms with Gasteiger partial charge in [0.1, 0.15) is 5.60 Å². The molecule has 5 nitrogen and oxygen atoms in total. The molecule has 5 heteroatoms. The maximum absolute atomic E-state index is 11.7. The summed E-state index contributed by atoms with van der Waals surface area (Å²) in [5.74, 6) is 0.449. The number of hydrogen-bond acceptors (Lipinski definition) is 4. The number of carbonyl (C=O) groups excluding carboxylic acids is 1. The Kier molecular flexibility index (Phi) is 4.84. The Hall–Kier alpha value is -1.91. The molecule has 1 unspecified atom stereocenters. The number of hydrogen-bond donors (Lipinski definition) is 2. The monoisotopic (exact) mass is 305 g/mol. The van der Waals surface area contributed by atoms with Crippen LogP contribution in [0, 0.1) is 12.8 Å². The lowest BCUT2D eigenvalue weighted by Crippen LogP contribution is -2.36. The fourth-order valence-corrected chi connectivity index (χ4v) is 2.63. The Bertz CT molecular complexity index is 537. The number of ether oxygens (including phenoxy) is 1. The Morgan fingerprint density at radius 1 is 1.45 bits per heavy atom. The third-order valence-corrected chi connectivity index (χ3v) is 3.84. The summed E-state index contributed by atoms with van der Waals surface area (Å²) in [7, 11) is 0. The fourth-order valence-electron chi connectivity index (χ4n) is 2.63. The van der Waals surface area contributed by atoms with Crippen molar-refractivity contribution in [1.82, 2.24) is 5.32 Å². The van der Waals surface area contributed by atoms with Crippen LogP contribution in [0.15, 0.2) is 18.2 Å². The predicted octanol–water partition coefficient (Wildman–Crippen LogP) is 2.93. The van der Waals surface area contributed by atoms with Gasteiger partial charge in [-0.2, -0.15) is 0 Å². The lowest BCUT2D eigenvalue weighted by atomic mass is 10.1. The lowest BCUT2D eigenvalue weighted by Gasteiger charge is -2.21. The number of nitrogens with two attached hydrogens (primary N) is 1. The molecule has 1 atom stereocenters. The van der Waals surface area contributed by atoms with Crippen molar-refractivity contribution in [2.45, 2.75) is 39.7 Å². The normalized spacial score (nSPS) is 18.4. The SMILES string of the molecule is Cc1cc(N2CCC(CNC(=O)OC(C)(C)C)C2)ccc1N. The quantitative estimate of drug-likeness (QED) is 0.843. The largest absolute Gasteiger partial charge is 0.444 e. The molecule has 0 aromatic heterocycles. The molecule has 1 aliphatic heterocycles. The van der Waals surface area contributed by atoms with E-state index in [-0.39, 0.29) is 6.09 Å². The van der Waals surface area contributed by atoms with Crippen LogP contribution in [0.4, 0.5) is 16.2 Å². The molecule has 0 spiro atoms. The van der Waals surface area contributed by atoms with E-state index in [0.717, 1.165) is 30.8 Å². The molecule has 0 aliphatic carbocycles. The molecule has 1 aromatic rings. The van der Waals surface area contributed by atoms with Crippen molar-refractivity contribution in [3.05, 3.63) is 23.8 Å². The standard InChI is InChI=1S/C17H27N3O2/c1-12-9-14(5-6-15(12)18)20-8-7-13(11-20)10-19-16(21)22-17(2,3)4/h5-6,9,13H,7-8,10-11,18H2,1-4H3,(H,19,21). The van der Waals surface area contributed by atoms with Gasteiger partial charge < -0.3 is 20.7 Å². The first-order valence-corrected chi connectivity index (χ1v) is 7.82. The van der Waals surface area contributed by atoms with Crippen LogP contribution in [0.1, 0.15) is 32.8 Å². The van der Waals surface area contributed by atoms with Crippen LogP contribution in [0.2, 0.25) is 0 Å². The zero-order chi connectivity index (χ0) is 16.3. The van der Waals surface area contributed by atoms with Crippen molar-refractivity contribution in [3.63, 3.8) is 0 Å². The smallest absolute Gasteiger partial charge is 0.407 e. The van der Waals surface area contributed by atoms with Crippen molar-refractivity contribution in [2.75, 3.05) is 30.3 Å². The second-order valence-electron chi connectivity index (χ2n) is 7.02. The van der Waals surface area contributed by atoms with Gasteiger partial charge in [-0.15, -0.1) is 0 Å². The van der Waals surface area contributed by atoms with Crippen molar-refractivity contribution < 1.29 is 9.53 Å². The highest BCUT2D eigenvalue weighted by molar-refractivity contribution is 5.67. The van der Waals surface area contributed by atoms with Gasteiger partial charge in [-0.3, -0.25) is 0 Å². The average molecular weight is 305 g/mol. The van der Waals surface area contributed by atoms with Gasteiger partial charge >= 0.3 is 6.09 Å². The van der Waals surface area contributed by atoms with Gasteiger partial charge in [0.15, 0.2) is 0 Å². The summed E-state index contributed by atoms with van der Waals surface area (Å²) >= 11 is 0. The summed E-state index contributed by atoms with van der Waals surface area (Å²) < 4.78 is 5.26. The maximum atomic E-state index is 11.7. The third kappa shape index (κ3) is 4.55. The van der Waals surface area contributed by atoms with Crippen molar-refractivity contribution in [1.29, 1.82) is 0 Å². The molecular weight excluding hydrogens is 278 g/mol. The summed E-state index contributed by atoms with van der Waals surface area (Å²) in [6.45, 7) is 10.2. The van der Waals surface area contributed by atoms with Crippen LogP contribution in [0.25, 0.3) is 0 Å². The number of amides is 1. The van der Waals surface area contributed by atoms with Gasteiger partial charge in [0.2, 0.25) is 0 Å². The molecule has 1 saturated heterocycles. The number of rotatable bonds is 3. The number of benzene rings is 1. The van der Waals surface area contributed by atoms with Crippen molar-refractivity contribution in [3.8, 4) is 0 Å². The first-order valence-electron chi connectivity index (χ1n) is 7.82. The van der Waals surface area contributed by atoms with E-state index in [1.807, 2.05) is 33.8 Å². The van der Waals surface area contributed by atoms with Crippen LogP contribution in [0.3, 0.4) is 0 Å². The van der Waals surface area contributed by atoms with E-state index in [9.17, 15) is 4.79 Å². The Balaban J connectivity index is 1.83. The van der Waals surface area contributed by atoms with Gasteiger partial charge in [0, 0.05) is 31.0 Å². The molecule has 3 N–H and O–H groups in total. The second-order valence-corrected chi connectivity index (χ2v) is 7.02. The lowest BCUT2D eigenvalue weighted by molar-refractivity contribution is 0.0520. The van der Waals surface area contributed by atoms with Crippen LogP contribution in [-0.2, 0) is 4.74 Å². The Morgan fingerprint density at radius 2 is 2.18 bits per heavy atom. The highest BCUT2D eigenvalue weighted by atomic mass is 16.6. The van der Waals surface area contributed by atoms with E-state index < -0.39 is 5.60 Å². The highest BCUT2D eigenvalue weighted by Crippen LogP contribution is 2.26.